The number of urea groups is 1. The number of carbonyl (C=O) groups excluding carboxylic acids is 3. The van der Waals surface area contributed by atoms with Crippen molar-refractivity contribution in [1.29, 1.82) is 0 Å². The summed E-state index contributed by atoms with van der Waals surface area (Å²) in [4.78, 5) is 56.7. The zero-order chi connectivity index (χ0) is 36.6. The van der Waals surface area contributed by atoms with Gasteiger partial charge in [-0.2, -0.15) is 4.31 Å². The van der Waals surface area contributed by atoms with Crippen LogP contribution in [0.25, 0.3) is 11.0 Å². The Bertz CT molecular complexity index is 1890. The highest BCUT2D eigenvalue weighted by Gasteiger charge is 2.39. The Morgan fingerprint density at radius 2 is 1.58 bits per heavy atom. The first-order valence-electron chi connectivity index (χ1n) is 18.5. The van der Waals surface area contributed by atoms with Gasteiger partial charge in [-0.05, 0) is 67.9 Å². The van der Waals surface area contributed by atoms with Gasteiger partial charge >= 0.3 is 12.1 Å². The fraction of sp³-hybridized carbons (Fsp3) is 0.568. The Kier molecular flexibility index (Phi) is 10.5. The number of aryl methyl sites for hydroxylation is 1. The van der Waals surface area contributed by atoms with Gasteiger partial charge in [0.05, 0.1) is 23.6 Å². The third-order valence-corrected chi connectivity index (χ3v) is 12.8. The molecule has 3 aromatic rings. The number of H-pyrrole nitrogens is 1. The second-order valence-electron chi connectivity index (χ2n) is 14.7. The van der Waals surface area contributed by atoms with Crippen molar-refractivity contribution in [2.24, 2.45) is 0 Å². The van der Waals surface area contributed by atoms with Crippen LogP contribution >= 0.6 is 0 Å². The minimum absolute atomic E-state index is 0.00563. The van der Waals surface area contributed by atoms with Crippen LogP contribution < -0.4 is 5.32 Å². The van der Waals surface area contributed by atoms with E-state index in [9.17, 15) is 22.8 Å². The lowest BCUT2D eigenvalue weighted by atomic mass is 9.91. The number of imidazole rings is 1. The van der Waals surface area contributed by atoms with Crippen molar-refractivity contribution in [1.82, 2.24) is 33.9 Å². The van der Waals surface area contributed by atoms with Gasteiger partial charge in [0, 0.05) is 82.6 Å². The third kappa shape index (κ3) is 7.62. The number of amides is 4. The average molecular weight is 735 g/mol. The SMILES string of the molecule is Cc1cc([C@@H](C)C(OC(=O)N2CCC(N3CCc4ccccc4NC3=O)CC2)C(=O)N2CCC(N3CCN(S(C)(=O)=O)CC3)CC2)cc2nc[nH]c12. The van der Waals surface area contributed by atoms with E-state index in [0.29, 0.717) is 71.7 Å². The van der Waals surface area contributed by atoms with Crippen molar-refractivity contribution in [2.75, 3.05) is 70.5 Å². The molecule has 3 fully saturated rings. The van der Waals surface area contributed by atoms with Gasteiger partial charge in [-0.3, -0.25) is 9.69 Å². The summed E-state index contributed by atoms with van der Waals surface area (Å²) in [7, 11) is -3.21. The second kappa shape index (κ2) is 15.0. The van der Waals surface area contributed by atoms with Gasteiger partial charge in [-0.25, -0.2) is 23.0 Å². The van der Waals surface area contributed by atoms with Crippen molar-refractivity contribution in [3.8, 4) is 0 Å². The molecule has 0 spiro atoms. The summed E-state index contributed by atoms with van der Waals surface area (Å²) >= 11 is 0. The van der Waals surface area contributed by atoms with E-state index in [1.54, 1.807) is 11.2 Å². The van der Waals surface area contributed by atoms with Crippen LogP contribution in [0, 0.1) is 6.92 Å². The van der Waals surface area contributed by atoms with Gasteiger partial charge in [-0.15, -0.1) is 0 Å². The quantitative estimate of drug-likeness (QED) is 0.374. The fourth-order valence-corrected chi connectivity index (χ4v) is 9.20. The predicted molar refractivity (Wildman–Crippen MR) is 198 cm³/mol. The van der Waals surface area contributed by atoms with Crippen LogP contribution in [-0.2, 0) is 26.0 Å². The van der Waals surface area contributed by atoms with E-state index < -0.39 is 28.1 Å². The molecule has 52 heavy (non-hydrogen) atoms. The number of likely N-dealkylation sites (tertiary alicyclic amines) is 2. The molecule has 4 amide bonds. The number of sulfonamides is 1. The van der Waals surface area contributed by atoms with Crippen molar-refractivity contribution >= 4 is 44.8 Å². The Balaban J connectivity index is 1.01. The lowest BCUT2D eigenvalue weighted by Crippen LogP contribution is -2.56. The van der Waals surface area contributed by atoms with E-state index in [4.69, 9.17) is 4.74 Å². The Hall–Kier alpha value is -4.21. The average Bonchev–Trinajstić information content (AvgIpc) is 3.57. The molecule has 2 N–H and O–H groups in total. The summed E-state index contributed by atoms with van der Waals surface area (Å²) < 4.78 is 31.7. The molecule has 7 rings (SSSR count). The molecule has 3 saturated heterocycles. The van der Waals surface area contributed by atoms with E-state index >= 15 is 0 Å². The van der Waals surface area contributed by atoms with E-state index in [0.717, 1.165) is 52.7 Å². The summed E-state index contributed by atoms with van der Waals surface area (Å²) in [6.07, 6.45) is 4.88. The topological polar surface area (TPSA) is 151 Å². The summed E-state index contributed by atoms with van der Waals surface area (Å²) in [5.74, 6) is -0.644. The first-order chi connectivity index (χ1) is 25.0. The van der Waals surface area contributed by atoms with Crippen molar-refractivity contribution < 1.29 is 27.5 Å². The fourth-order valence-electron chi connectivity index (χ4n) is 8.37. The molecule has 4 aliphatic rings. The molecule has 1 unspecified atom stereocenters. The number of rotatable bonds is 7. The van der Waals surface area contributed by atoms with Gasteiger partial charge in [-0.1, -0.05) is 31.2 Å². The van der Waals surface area contributed by atoms with Crippen LogP contribution in [0.1, 0.15) is 55.2 Å². The maximum atomic E-state index is 14.4. The van der Waals surface area contributed by atoms with Gasteiger partial charge in [0.1, 0.15) is 0 Å². The monoisotopic (exact) mass is 734 g/mol. The lowest BCUT2D eigenvalue weighted by molar-refractivity contribution is -0.143. The standard InChI is InChI=1S/C37H50N8O6S/c1-25-22-28(23-32-33(25)39-24-38-32)26(2)34(35(46)42-13-9-29(10-14-42)41-18-20-44(21-19-41)52(3,49)50)51-37(48)43-15-11-30(12-16-43)45-17-8-27-6-4-5-7-31(27)40-36(45)47/h4-7,22-24,26,29-30,34H,8-21H2,1-3H3,(H,38,39)(H,40,47)/t26-,34?/m1/s1. The molecule has 0 radical (unpaired) electrons. The molecule has 2 atom stereocenters. The number of nitrogens with zero attached hydrogens (tertiary/aromatic N) is 6. The number of carbonyl (C=O) groups is 3. The predicted octanol–water partition coefficient (Wildman–Crippen LogP) is 3.60. The van der Waals surface area contributed by atoms with Crippen molar-refractivity contribution in [2.45, 2.75) is 70.1 Å². The molecule has 280 valence electrons. The third-order valence-electron chi connectivity index (χ3n) is 11.5. The first kappa shape index (κ1) is 36.2. The highest BCUT2D eigenvalue weighted by atomic mass is 32.2. The molecule has 4 aliphatic heterocycles. The molecule has 0 saturated carbocycles. The number of para-hydroxylation sites is 1. The zero-order valence-electron chi connectivity index (χ0n) is 30.3. The number of benzene rings is 2. The smallest absolute Gasteiger partial charge is 0.410 e. The van der Waals surface area contributed by atoms with Crippen LogP contribution in [0.3, 0.4) is 0 Å². The first-order valence-corrected chi connectivity index (χ1v) is 20.3. The number of hydrogen-bond acceptors (Lipinski definition) is 8. The number of fused-ring (bicyclic) bond motifs is 2. The highest BCUT2D eigenvalue weighted by Crippen LogP contribution is 2.31. The van der Waals surface area contributed by atoms with Gasteiger partial charge in [0.15, 0.2) is 6.10 Å². The summed E-state index contributed by atoms with van der Waals surface area (Å²) in [6.45, 7) is 8.73. The molecule has 5 heterocycles. The molecule has 2 aromatic carbocycles. The summed E-state index contributed by atoms with van der Waals surface area (Å²) in [5.41, 5.74) is 5.54. The molecule has 1 aromatic heterocycles. The summed E-state index contributed by atoms with van der Waals surface area (Å²) in [6, 6.07) is 12.0. The second-order valence-corrected chi connectivity index (χ2v) is 16.7. The van der Waals surface area contributed by atoms with Crippen LogP contribution in [0.2, 0.25) is 0 Å². The van der Waals surface area contributed by atoms with E-state index in [1.165, 1.54) is 10.6 Å². The largest absolute Gasteiger partial charge is 0.435 e. The number of aromatic nitrogens is 2. The number of piperidine rings is 2. The Morgan fingerprint density at radius 3 is 2.29 bits per heavy atom. The van der Waals surface area contributed by atoms with Gasteiger partial charge in [0.25, 0.3) is 5.91 Å². The minimum Gasteiger partial charge on any atom is -0.435 e. The minimum atomic E-state index is -3.21. The molecular weight excluding hydrogens is 685 g/mol. The van der Waals surface area contributed by atoms with Crippen LogP contribution in [0.4, 0.5) is 15.3 Å². The number of nitrogens with one attached hydrogen (secondary N) is 2. The highest BCUT2D eigenvalue weighted by molar-refractivity contribution is 7.88. The van der Waals surface area contributed by atoms with Crippen LogP contribution in [0.15, 0.2) is 42.7 Å². The number of piperazine rings is 1. The lowest BCUT2D eigenvalue weighted by Gasteiger charge is -2.43. The van der Waals surface area contributed by atoms with Crippen LogP contribution in [0.5, 0.6) is 0 Å². The maximum Gasteiger partial charge on any atom is 0.410 e. The Morgan fingerprint density at radius 1 is 0.904 bits per heavy atom. The van der Waals surface area contributed by atoms with E-state index in [1.807, 2.05) is 60.0 Å². The molecule has 14 nitrogen and oxygen atoms in total. The number of ether oxygens (including phenoxy) is 1. The molecule has 0 aliphatic carbocycles. The van der Waals surface area contributed by atoms with Gasteiger partial charge in [0.2, 0.25) is 10.0 Å². The summed E-state index contributed by atoms with van der Waals surface area (Å²) in [5, 5.41) is 3.05. The number of anilines is 1. The molecule has 15 heteroatoms. The normalized spacial score (nSPS) is 21.4. The molecule has 0 bridgehead atoms. The molecular formula is C37H50N8O6S. The van der Waals surface area contributed by atoms with Crippen LogP contribution in [-0.4, -0.2) is 144 Å². The Labute approximate surface area is 305 Å². The van der Waals surface area contributed by atoms with Crippen molar-refractivity contribution in [3.05, 3.63) is 59.4 Å². The maximum absolute atomic E-state index is 14.4. The number of aromatic amines is 1. The van der Waals surface area contributed by atoms with Gasteiger partial charge < -0.3 is 29.7 Å². The van der Waals surface area contributed by atoms with E-state index in [-0.39, 0.29) is 24.0 Å². The van der Waals surface area contributed by atoms with Crippen molar-refractivity contribution in [3.63, 3.8) is 0 Å². The van der Waals surface area contributed by atoms with E-state index in [2.05, 4.69) is 20.2 Å². The number of hydrogen-bond donors (Lipinski definition) is 2. The zero-order valence-corrected chi connectivity index (χ0v) is 31.1.